The fourth-order valence-corrected chi connectivity index (χ4v) is 3.24. The van der Waals surface area contributed by atoms with E-state index in [0.717, 1.165) is 11.1 Å². The van der Waals surface area contributed by atoms with Crippen molar-refractivity contribution in [3.63, 3.8) is 0 Å². The van der Waals surface area contributed by atoms with Crippen LogP contribution in [0.3, 0.4) is 0 Å². The highest BCUT2D eigenvalue weighted by Gasteiger charge is 2.21. The van der Waals surface area contributed by atoms with Crippen molar-refractivity contribution in [3.8, 4) is 0 Å². The molecule has 26 heavy (non-hydrogen) atoms. The summed E-state index contributed by atoms with van der Waals surface area (Å²) in [6, 6.07) is 14.4. The largest absolute Gasteiger partial charge is 0.449 e. The highest BCUT2D eigenvalue weighted by molar-refractivity contribution is 7.85. The Labute approximate surface area is 156 Å². The Morgan fingerprint density at radius 3 is 2.42 bits per heavy atom. The maximum absolute atomic E-state index is 12.4. The Balaban J connectivity index is 1.97. The van der Waals surface area contributed by atoms with Gasteiger partial charge in [0.05, 0.1) is 21.3 Å². The molecule has 0 heterocycles. The Hall–Kier alpha value is -2.47. The van der Waals surface area contributed by atoms with Crippen LogP contribution in [0.1, 0.15) is 35.3 Å². The maximum atomic E-state index is 12.4. The van der Waals surface area contributed by atoms with Crippen LogP contribution in [0.5, 0.6) is 0 Å². The second kappa shape index (κ2) is 9.29. The number of nitrogens with one attached hydrogen (secondary N) is 1. The molecule has 2 rings (SSSR count). The summed E-state index contributed by atoms with van der Waals surface area (Å²) in [6.45, 7) is 5.64. The summed E-state index contributed by atoms with van der Waals surface area (Å²) in [7, 11) is -1.28. The molecule has 2 aromatic rings. The normalized spacial score (nSPS) is 12.9. The van der Waals surface area contributed by atoms with E-state index in [9.17, 15) is 13.8 Å². The van der Waals surface area contributed by atoms with Gasteiger partial charge >= 0.3 is 5.97 Å². The molecule has 0 saturated heterocycles. The number of carbonyl (C=O) groups excluding carboxylic acids is 2. The molecular formula is C20H23NO4S. The molecule has 0 radical (unpaired) electrons. The molecule has 0 fully saturated rings. The SMILES string of the molecule is CC[S@](=O)c1ccccc1C(=O)O[C@H](C)C(=O)NCc1ccc(C)cc1. The zero-order valence-electron chi connectivity index (χ0n) is 15.2. The van der Waals surface area contributed by atoms with Gasteiger partial charge in [0, 0.05) is 12.3 Å². The zero-order chi connectivity index (χ0) is 19.1. The molecule has 1 amide bonds. The van der Waals surface area contributed by atoms with E-state index in [2.05, 4.69) is 5.32 Å². The average Bonchev–Trinajstić information content (AvgIpc) is 2.66. The molecular weight excluding hydrogens is 350 g/mol. The van der Waals surface area contributed by atoms with E-state index in [4.69, 9.17) is 4.74 Å². The van der Waals surface area contributed by atoms with Crippen molar-refractivity contribution in [1.29, 1.82) is 0 Å². The van der Waals surface area contributed by atoms with Gasteiger partial charge in [0.15, 0.2) is 6.10 Å². The Kier molecular flexibility index (Phi) is 7.09. The average molecular weight is 373 g/mol. The smallest absolute Gasteiger partial charge is 0.340 e. The summed E-state index contributed by atoms with van der Waals surface area (Å²) < 4.78 is 17.3. The molecule has 0 bridgehead atoms. The third kappa shape index (κ3) is 5.26. The van der Waals surface area contributed by atoms with E-state index in [1.165, 1.54) is 6.92 Å². The molecule has 0 spiro atoms. The van der Waals surface area contributed by atoms with Gasteiger partial charge in [-0.25, -0.2) is 4.79 Å². The molecule has 0 aromatic heterocycles. The van der Waals surface area contributed by atoms with Crippen LogP contribution in [0.15, 0.2) is 53.4 Å². The molecule has 6 heteroatoms. The quantitative estimate of drug-likeness (QED) is 0.758. The summed E-state index contributed by atoms with van der Waals surface area (Å²) in [5, 5.41) is 2.75. The Morgan fingerprint density at radius 1 is 1.12 bits per heavy atom. The number of amides is 1. The van der Waals surface area contributed by atoms with Crippen molar-refractivity contribution < 1.29 is 18.5 Å². The predicted molar refractivity (Wildman–Crippen MR) is 101 cm³/mol. The van der Waals surface area contributed by atoms with E-state index >= 15 is 0 Å². The van der Waals surface area contributed by atoms with E-state index in [-0.39, 0.29) is 11.5 Å². The van der Waals surface area contributed by atoms with Crippen LogP contribution >= 0.6 is 0 Å². The monoisotopic (exact) mass is 373 g/mol. The number of hydrogen-bond acceptors (Lipinski definition) is 4. The van der Waals surface area contributed by atoms with Crippen molar-refractivity contribution >= 4 is 22.7 Å². The van der Waals surface area contributed by atoms with Crippen LogP contribution in [0.25, 0.3) is 0 Å². The first kappa shape index (κ1) is 19.8. The first-order valence-corrected chi connectivity index (χ1v) is 9.76. The third-order valence-corrected chi connectivity index (χ3v) is 5.23. The minimum Gasteiger partial charge on any atom is -0.449 e. The molecule has 0 unspecified atom stereocenters. The first-order valence-electron chi connectivity index (χ1n) is 8.44. The fraction of sp³-hybridized carbons (Fsp3) is 0.300. The summed E-state index contributed by atoms with van der Waals surface area (Å²) >= 11 is 0. The molecule has 0 aliphatic rings. The molecule has 0 aliphatic carbocycles. The molecule has 0 aliphatic heterocycles. The second-order valence-corrected chi connectivity index (χ2v) is 7.59. The number of esters is 1. The summed E-state index contributed by atoms with van der Waals surface area (Å²) in [6.07, 6.45) is -0.948. The fourth-order valence-electron chi connectivity index (χ4n) is 2.31. The molecule has 1 N–H and O–H groups in total. The number of hydrogen-bond donors (Lipinski definition) is 1. The number of carbonyl (C=O) groups is 2. The van der Waals surface area contributed by atoms with E-state index in [1.807, 2.05) is 31.2 Å². The van der Waals surface area contributed by atoms with Crippen LogP contribution in [0.4, 0.5) is 0 Å². The van der Waals surface area contributed by atoms with Gasteiger partial charge in [0.1, 0.15) is 0 Å². The van der Waals surface area contributed by atoms with Crippen LogP contribution in [0, 0.1) is 6.92 Å². The lowest BCUT2D eigenvalue weighted by Crippen LogP contribution is -2.35. The van der Waals surface area contributed by atoms with Gasteiger partial charge in [0.25, 0.3) is 5.91 Å². The maximum Gasteiger partial charge on any atom is 0.340 e. The molecule has 5 nitrogen and oxygen atoms in total. The summed E-state index contributed by atoms with van der Waals surface area (Å²) in [5.74, 6) is -0.634. The Bertz CT molecular complexity index is 802. The van der Waals surface area contributed by atoms with E-state index in [0.29, 0.717) is 17.2 Å². The van der Waals surface area contributed by atoms with Crippen molar-refractivity contribution in [1.82, 2.24) is 5.32 Å². The minimum atomic E-state index is -1.28. The van der Waals surface area contributed by atoms with E-state index in [1.54, 1.807) is 31.2 Å². The lowest BCUT2D eigenvalue weighted by atomic mass is 10.1. The summed E-state index contributed by atoms with van der Waals surface area (Å²) in [5.41, 5.74) is 2.34. The molecule has 2 aromatic carbocycles. The van der Waals surface area contributed by atoms with Crippen molar-refractivity contribution in [2.45, 2.75) is 38.3 Å². The Morgan fingerprint density at radius 2 is 1.77 bits per heavy atom. The molecule has 0 saturated carbocycles. The zero-order valence-corrected chi connectivity index (χ0v) is 16.0. The third-order valence-electron chi connectivity index (χ3n) is 3.85. The topological polar surface area (TPSA) is 72.5 Å². The van der Waals surface area contributed by atoms with Gasteiger partial charge in [-0.3, -0.25) is 9.00 Å². The standard InChI is InChI=1S/C20H23NO4S/c1-4-26(24)18-8-6-5-7-17(18)20(23)25-15(3)19(22)21-13-16-11-9-14(2)10-12-16/h5-12,15H,4,13H2,1-3H3,(H,21,22)/t15-,26+/m1/s1. The van der Waals surface area contributed by atoms with Crippen LogP contribution in [-0.2, 0) is 26.9 Å². The van der Waals surface area contributed by atoms with Gasteiger partial charge in [-0.05, 0) is 31.5 Å². The van der Waals surface area contributed by atoms with Crippen molar-refractivity contribution in [2.24, 2.45) is 0 Å². The molecule has 138 valence electrons. The molecule has 2 atom stereocenters. The van der Waals surface area contributed by atoms with Gasteiger partial charge < -0.3 is 10.1 Å². The van der Waals surface area contributed by atoms with Gasteiger partial charge in [0.2, 0.25) is 0 Å². The van der Waals surface area contributed by atoms with Crippen LogP contribution < -0.4 is 5.32 Å². The number of aryl methyl sites for hydroxylation is 1. The highest BCUT2D eigenvalue weighted by atomic mass is 32.2. The van der Waals surface area contributed by atoms with Gasteiger partial charge in [-0.2, -0.15) is 0 Å². The van der Waals surface area contributed by atoms with Gasteiger partial charge in [-0.1, -0.05) is 48.9 Å². The van der Waals surface area contributed by atoms with Gasteiger partial charge in [-0.15, -0.1) is 0 Å². The van der Waals surface area contributed by atoms with E-state index < -0.39 is 22.9 Å². The van der Waals surface area contributed by atoms with Crippen LogP contribution in [0.2, 0.25) is 0 Å². The number of benzene rings is 2. The number of rotatable bonds is 7. The summed E-state index contributed by atoms with van der Waals surface area (Å²) in [4.78, 5) is 25.0. The predicted octanol–water partition coefficient (Wildman–Crippen LogP) is 2.98. The highest BCUT2D eigenvalue weighted by Crippen LogP contribution is 2.16. The lowest BCUT2D eigenvalue weighted by Gasteiger charge is -2.15. The van der Waals surface area contributed by atoms with Crippen molar-refractivity contribution in [2.75, 3.05) is 5.75 Å². The van der Waals surface area contributed by atoms with Crippen molar-refractivity contribution in [3.05, 3.63) is 65.2 Å². The number of ether oxygens (including phenoxy) is 1. The second-order valence-electron chi connectivity index (χ2n) is 5.88. The lowest BCUT2D eigenvalue weighted by molar-refractivity contribution is -0.129. The van der Waals surface area contributed by atoms with Crippen LogP contribution in [-0.4, -0.2) is 27.9 Å². The first-order chi connectivity index (χ1) is 12.4. The minimum absolute atomic E-state index is 0.228.